The van der Waals surface area contributed by atoms with Crippen molar-refractivity contribution in [3.05, 3.63) is 109 Å². The molecule has 2 N–H and O–H groups in total. The standard InChI is InChI=1S/C29H28N4O2/c1-3-15-33-27-18-22(35-2)13-14-25(27)32-29(33)26(31-28(34)16-20-9-5-4-6-10-20)17-21-19-30-24-12-8-7-11-23(21)24/h3-14,18-19,26,30H,1,15-17H2,2H3,(H,31,34). The molecule has 5 rings (SSSR count). The number of para-hydroxylation sites is 1. The van der Waals surface area contributed by atoms with Gasteiger partial charge in [0.1, 0.15) is 11.6 Å². The maximum absolute atomic E-state index is 13.2. The second kappa shape index (κ2) is 9.89. The molecule has 3 aromatic carbocycles. The molecule has 0 aliphatic heterocycles. The van der Waals surface area contributed by atoms with E-state index in [0.717, 1.165) is 44.6 Å². The first-order valence-electron chi connectivity index (χ1n) is 11.7. The summed E-state index contributed by atoms with van der Waals surface area (Å²) in [5.74, 6) is 1.51. The molecule has 2 heterocycles. The second-order valence-electron chi connectivity index (χ2n) is 8.57. The number of allylic oxidation sites excluding steroid dienone is 1. The third kappa shape index (κ3) is 4.68. The number of aromatic nitrogens is 3. The van der Waals surface area contributed by atoms with Crippen molar-refractivity contribution in [2.24, 2.45) is 0 Å². The van der Waals surface area contributed by atoms with Crippen LogP contribution in [0.1, 0.15) is 23.0 Å². The van der Waals surface area contributed by atoms with Crippen molar-refractivity contribution in [1.82, 2.24) is 19.9 Å². The van der Waals surface area contributed by atoms with Crippen molar-refractivity contribution < 1.29 is 9.53 Å². The van der Waals surface area contributed by atoms with Crippen molar-refractivity contribution in [1.29, 1.82) is 0 Å². The maximum Gasteiger partial charge on any atom is 0.225 e. The van der Waals surface area contributed by atoms with Gasteiger partial charge in [-0.15, -0.1) is 6.58 Å². The van der Waals surface area contributed by atoms with Crippen LogP contribution in [0.15, 0.2) is 91.6 Å². The van der Waals surface area contributed by atoms with Gasteiger partial charge in [-0.3, -0.25) is 4.79 Å². The summed E-state index contributed by atoms with van der Waals surface area (Å²) in [5, 5.41) is 4.41. The lowest BCUT2D eigenvalue weighted by Gasteiger charge is -2.20. The van der Waals surface area contributed by atoms with Crippen LogP contribution in [0, 0.1) is 0 Å². The number of hydrogen-bond donors (Lipinski definition) is 2. The Morgan fingerprint density at radius 1 is 1.14 bits per heavy atom. The van der Waals surface area contributed by atoms with Gasteiger partial charge in [-0.1, -0.05) is 54.6 Å². The van der Waals surface area contributed by atoms with Crippen molar-refractivity contribution in [3.63, 3.8) is 0 Å². The van der Waals surface area contributed by atoms with Crippen molar-refractivity contribution in [2.45, 2.75) is 25.4 Å². The molecule has 0 aliphatic rings. The summed E-state index contributed by atoms with van der Waals surface area (Å²) in [6, 6.07) is 23.5. The number of carbonyl (C=O) groups is 1. The zero-order valence-corrected chi connectivity index (χ0v) is 19.7. The first-order valence-corrected chi connectivity index (χ1v) is 11.7. The van der Waals surface area contributed by atoms with E-state index >= 15 is 0 Å². The number of fused-ring (bicyclic) bond motifs is 2. The number of nitrogens with zero attached hydrogens (tertiary/aromatic N) is 2. The summed E-state index contributed by atoms with van der Waals surface area (Å²) < 4.78 is 7.55. The lowest BCUT2D eigenvalue weighted by Crippen LogP contribution is -2.33. The first-order chi connectivity index (χ1) is 17.2. The Labute approximate surface area is 204 Å². The molecular formula is C29H28N4O2. The van der Waals surface area contributed by atoms with Crippen molar-refractivity contribution in [3.8, 4) is 5.75 Å². The maximum atomic E-state index is 13.2. The summed E-state index contributed by atoms with van der Waals surface area (Å²) in [6.07, 6.45) is 4.77. The number of amides is 1. The molecule has 0 radical (unpaired) electrons. The third-order valence-corrected chi connectivity index (χ3v) is 6.25. The van der Waals surface area contributed by atoms with Gasteiger partial charge in [0.25, 0.3) is 0 Å². The van der Waals surface area contributed by atoms with E-state index in [1.54, 1.807) is 7.11 Å². The smallest absolute Gasteiger partial charge is 0.225 e. The Kier molecular flexibility index (Phi) is 6.35. The number of H-pyrrole nitrogens is 1. The van der Waals surface area contributed by atoms with Gasteiger partial charge in [0.2, 0.25) is 5.91 Å². The number of ether oxygens (including phenoxy) is 1. The Balaban J connectivity index is 1.56. The number of imidazole rings is 1. The monoisotopic (exact) mass is 464 g/mol. The zero-order valence-electron chi connectivity index (χ0n) is 19.7. The molecule has 6 nitrogen and oxygen atoms in total. The zero-order chi connectivity index (χ0) is 24.2. The quantitative estimate of drug-likeness (QED) is 0.289. The van der Waals surface area contributed by atoms with E-state index < -0.39 is 0 Å². The molecule has 1 amide bonds. The predicted molar refractivity (Wildman–Crippen MR) is 140 cm³/mol. The van der Waals surface area contributed by atoms with E-state index in [2.05, 4.69) is 33.6 Å². The number of benzene rings is 3. The summed E-state index contributed by atoms with van der Waals surface area (Å²) in [6.45, 7) is 4.51. The van der Waals surface area contributed by atoms with Gasteiger partial charge in [-0.05, 0) is 29.3 Å². The highest BCUT2D eigenvalue weighted by molar-refractivity contribution is 5.84. The number of hydrogen-bond acceptors (Lipinski definition) is 3. The Morgan fingerprint density at radius 3 is 2.74 bits per heavy atom. The van der Waals surface area contributed by atoms with E-state index in [1.165, 1.54) is 0 Å². The molecule has 0 saturated carbocycles. The van der Waals surface area contributed by atoms with Crippen LogP contribution in [0.25, 0.3) is 21.9 Å². The topological polar surface area (TPSA) is 71.9 Å². The van der Waals surface area contributed by atoms with Crippen molar-refractivity contribution >= 4 is 27.8 Å². The molecule has 0 saturated heterocycles. The van der Waals surface area contributed by atoms with Gasteiger partial charge in [-0.25, -0.2) is 4.98 Å². The minimum atomic E-state index is -0.330. The SMILES string of the molecule is C=CCn1c(C(Cc2c[nH]c3ccccc23)NC(=O)Cc2ccccc2)nc2ccc(OC)cc21. The molecule has 0 fully saturated rings. The summed E-state index contributed by atoms with van der Waals surface area (Å²) in [5.41, 5.74) is 4.96. The van der Waals surface area contributed by atoms with Gasteiger partial charge in [-0.2, -0.15) is 0 Å². The predicted octanol–water partition coefficient (Wildman–Crippen LogP) is 5.35. The van der Waals surface area contributed by atoms with E-state index in [-0.39, 0.29) is 11.9 Å². The molecule has 35 heavy (non-hydrogen) atoms. The fourth-order valence-corrected chi connectivity index (χ4v) is 4.59. The lowest BCUT2D eigenvalue weighted by atomic mass is 10.0. The summed E-state index contributed by atoms with van der Waals surface area (Å²) in [7, 11) is 1.65. The molecule has 176 valence electrons. The summed E-state index contributed by atoms with van der Waals surface area (Å²) >= 11 is 0. The minimum Gasteiger partial charge on any atom is -0.497 e. The second-order valence-corrected chi connectivity index (χ2v) is 8.57. The van der Waals surface area contributed by atoms with Gasteiger partial charge < -0.3 is 19.6 Å². The van der Waals surface area contributed by atoms with E-state index in [0.29, 0.717) is 19.4 Å². The van der Waals surface area contributed by atoms with Crippen LogP contribution >= 0.6 is 0 Å². The van der Waals surface area contributed by atoms with Gasteiger partial charge in [0.05, 0.1) is 30.6 Å². The van der Waals surface area contributed by atoms with Crippen LogP contribution in [0.5, 0.6) is 5.75 Å². The Hall–Kier alpha value is -4.32. The molecule has 0 spiro atoms. The number of carbonyl (C=O) groups excluding carboxylic acids is 1. The van der Waals surface area contributed by atoms with Crippen LogP contribution in [0.4, 0.5) is 0 Å². The molecular weight excluding hydrogens is 436 g/mol. The average Bonchev–Trinajstić information content (AvgIpc) is 3.45. The molecule has 0 bridgehead atoms. The summed E-state index contributed by atoms with van der Waals surface area (Å²) in [4.78, 5) is 21.5. The van der Waals surface area contributed by atoms with Crippen LogP contribution in [0.3, 0.4) is 0 Å². The van der Waals surface area contributed by atoms with E-state index in [1.807, 2.05) is 72.9 Å². The van der Waals surface area contributed by atoms with E-state index in [9.17, 15) is 4.79 Å². The van der Waals surface area contributed by atoms with Gasteiger partial charge in [0.15, 0.2) is 0 Å². The van der Waals surface area contributed by atoms with Crippen LogP contribution in [0.2, 0.25) is 0 Å². The largest absolute Gasteiger partial charge is 0.497 e. The number of aromatic amines is 1. The van der Waals surface area contributed by atoms with Crippen molar-refractivity contribution in [2.75, 3.05) is 7.11 Å². The highest BCUT2D eigenvalue weighted by atomic mass is 16.5. The number of methoxy groups -OCH3 is 1. The Bertz CT molecular complexity index is 1480. The fourth-order valence-electron chi connectivity index (χ4n) is 4.59. The van der Waals surface area contributed by atoms with Crippen LogP contribution < -0.4 is 10.1 Å². The molecule has 6 heteroatoms. The first kappa shape index (κ1) is 22.5. The van der Waals surface area contributed by atoms with Gasteiger partial charge in [0, 0.05) is 36.1 Å². The van der Waals surface area contributed by atoms with Gasteiger partial charge >= 0.3 is 0 Å². The fraction of sp³-hybridized carbons (Fsp3) is 0.172. The highest BCUT2D eigenvalue weighted by Crippen LogP contribution is 2.29. The molecule has 1 atom stereocenters. The molecule has 0 aliphatic carbocycles. The van der Waals surface area contributed by atoms with Crippen LogP contribution in [-0.4, -0.2) is 27.6 Å². The average molecular weight is 465 g/mol. The van der Waals surface area contributed by atoms with Crippen LogP contribution in [-0.2, 0) is 24.2 Å². The third-order valence-electron chi connectivity index (χ3n) is 6.25. The Morgan fingerprint density at radius 2 is 1.94 bits per heavy atom. The van der Waals surface area contributed by atoms with E-state index in [4.69, 9.17) is 9.72 Å². The molecule has 1 unspecified atom stereocenters. The minimum absolute atomic E-state index is 0.0455. The normalized spacial score (nSPS) is 12.0. The number of rotatable bonds is 9. The molecule has 2 aromatic heterocycles. The molecule has 5 aromatic rings. The number of nitrogens with one attached hydrogen (secondary N) is 2. The highest BCUT2D eigenvalue weighted by Gasteiger charge is 2.24. The lowest BCUT2D eigenvalue weighted by molar-refractivity contribution is -0.121.